The predicted octanol–water partition coefficient (Wildman–Crippen LogP) is 3.04. The Morgan fingerprint density at radius 3 is 2.48 bits per heavy atom. The molecule has 0 aromatic heterocycles. The molecule has 7 nitrogen and oxygen atoms in total. The maximum atomic E-state index is 11.8. The van der Waals surface area contributed by atoms with Crippen LogP contribution in [0.2, 0.25) is 5.02 Å². The van der Waals surface area contributed by atoms with E-state index in [0.29, 0.717) is 5.69 Å². The van der Waals surface area contributed by atoms with Gasteiger partial charge in [-0.3, -0.25) is 14.9 Å². The molecule has 8 heteroatoms. The van der Waals surface area contributed by atoms with E-state index in [-0.39, 0.29) is 16.3 Å². The van der Waals surface area contributed by atoms with Crippen molar-refractivity contribution in [3.63, 3.8) is 0 Å². The summed E-state index contributed by atoms with van der Waals surface area (Å²) in [7, 11) is 0. The van der Waals surface area contributed by atoms with Gasteiger partial charge in [0.1, 0.15) is 0 Å². The standard InChI is InChI=1S/C15H11ClN2O5/c16-13-8-11(18(21)22)6-7-12(13)15(20)23-9-14(19)17-10-4-2-1-3-5-10/h1-8H,9H2,(H,17,19). The number of ether oxygens (including phenoxy) is 1. The molecule has 1 N–H and O–H groups in total. The average molecular weight is 335 g/mol. The van der Waals surface area contributed by atoms with E-state index in [1.54, 1.807) is 30.3 Å². The summed E-state index contributed by atoms with van der Waals surface area (Å²) in [5.74, 6) is -1.35. The number of hydrogen-bond donors (Lipinski definition) is 1. The summed E-state index contributed by atoms with van der Waals surface area (Å²) in [5.41, 5.74) is 0.278. The Hall–Kier alpha value is -2.93. The van der Waals surface area contributed by atoms with Crippen LogP contribution in [-0.2, 0) is 9.53 Å². The van der Waals surface area contributed by atoms with Crippen LogP contribution >= 0.6 is 11.6 Å². The number of nitro groups is 1. The second kappa shape index (κ2) is 7.37. The third kappa shape index (κ3) is 4.52. The van der Waals surface area contributed by atoms with E-state index < -0.39 is 23.4 Å². The fraction of sp³-hybridized carbons (Fsp3) is 0.0667. The summed E-state index contributed by atoms with van der Waals surface area (Å²) < 4.78 is 4.84. The third-order valence-corrected chi connectivity index (χ3v) is 3.09. The van der Waals surface area contributed by atoms with Crippen LogP contribution in [0, 0.1) is 10.1 Å². The van der Waals surface area contributed by atoms with Crippen LogP contribution in [0.3, 0.4) is 0 Å². The van der Waals surface area contributed by atoms with Crippen LogP contribution in [0.5, 0.6) is 0 Å². The number of carbonyl (C=O) groups is 2. The molecule has 0 unspecified atom stereocenters. The summed E-state index contributed by atoms with van der Waals surface area (Å²) in [4.78, 5) is 33.5. The highest BCUT2D eigenvalue weighted by Crippen LogP contribution is 2.23. The van der Waals surface area contributed by atoms with Crippen LogP contribution in [0.15, 0.2) is 48.5 Å². The number of rotatable bonds is 5. The number of benzene rings is 2. The lowest BCUT2D eigenvalue weighted by molar-refractivity contribution is -0.384. The predicted molar refractivity (Wildman–Crippen MR) is 83.5 cm³/mol. The number of carbonyl (C=O) groups excluding carboxylic acids is 2. The molecule has 118 valence electrons. The number of halogens is 1. The molecule has 2 aromatic carbocycles. The first kappa shape index (κ1) is 16.4. The molecule has 0 spiro atoms. The van der Waals surface area contributed by atoms with Crippen LogP contribution in [0.1, 0.15) is 10.4 Å². The Morgan fingerprint density at radius 1 is 1.17 bits per heavy atom. The van der Waals surface area contributed by atoms with Crippen LogP contribution in [0.4, 0.5) is 11.4 Å². The molecule has 23 heavy (non-hydrogen) atoms. The van der Waals surface area contributed by atoms with Crippen molar-refractivity contribution < 1.29 is 19.2 Å². The van der Waals surface area contributed by atoms with Gasteiger partial charge < -0.3 is 10.1 Å². The molecule has 0 radical (unpaired) electrons. The Bertz CT molecular complexity index is 749. The van der Waals surface area contributed by atoms with Crippen molar-refractivity contribution in [3.8, 4) is 0 Å². The molecular formula is C15H11ClN2O5. The van der Waals surface area contributed by atoms with Gasteiger partial charge in [-0.05, 0) is 18.2 Å². The number of nitro benzene ring substituents is 1. The molecule has 1 amide bonds. The number of hydrogen-bond acceptors (Lipinski definition) is 5. The fourth-order valence-corrected chi connectivity index (χ4v) is 1.96. The summed E-state index contributed by atoms with van der Waals surface area (Å²) >= 11 is 5.81. The molecule has 0 atom stereocenters. The van der Waals surface area contributed by atoms with Gasteiger partial charge in [-0.2, -0.15) is 0 Å². The van der Waals surface area contributed by atoms with Crippen molar-refractivity contribution in [1.82, 2.24) is 0 Å². The maximum Gasteiger partial charge on any atom is 0.340 e. The van der Waals surface area contributed by atoms with Gasteiger partial charge in [-0.15, -0.1) is 0 Å². The van der Waals surface area contributed by atoms with Gasteiger partial charge in [0.25, 0.3) is 11.6 Å². The molecule has 0 fully saturated rings. The van der Waals surface area contributed by atoms with E-state index in [1.807, 2.05) is 0 Å². The summed E-state index contributed by atoms with van der Waals surface area (Å²) in [6.07, 6.45) is 0. The van der Waals surface area contributed by atoms with Crippen molar-refractivity contribution in [3.05, 3.63) is 69.2 Å². The normalized spacial score (nSPS) is 9.96. The van der Waals surface area contributed by atoms with Gasteiger partial charge in [-0.25, -0.2) is 4.79 Å². The zero-order chi connectivity index (χ0) is 16.8. The van der Waals surface area contributed by atoms with E-state index in [1.165, 1.54) is 6.07 Å². The Morgan fingerprint density at radius 2 is 1.87 bits per heavy atom. The minimum Gasteiger partial charge on any atom is -0.452 e. The molecule has 2 rings (SSSR count). The number of para-hydroxylation sites is 1. The molecular weight excluding hydrogens is 324 g/mol. The van der Waals surface area contributed by atoms with Crippen LogP contribution in [0.25, 0.3) is 0 Å². The first-order valence-corrected chi connectivity index (χ1v) is 6.81. The minimum atomic E-state index is -0.840. The van der Waals surface area contributed by atoms with E-state index in [4.69, 9.17) is 16.3 Å². The Balaban J connectivity index is 1.94. The number of amides is 1. The van der Waals surface area contributed by atoms with Gasteiger partial charge in [-0.1, -0.05) is 29.8 Å². The van der Waals surface area contributed by atoms with Crippen molar-refractivity contribution in [2.45, 2.75) is 0 Å². The lowest BCUT2D eigenvalue weighted by Gasteiger charge is -2.07. The fourth-order valence-electron chi connectivity index (χ4n) is 1.71. The SMILES string of the molecule is O=C(COC(=O)c1ccc([N+](=O)[O-])cc1Cl)Nc1ccccc1. The zero-order valence-electron chi connectivity index (χ0n) is 11.7. The second-order valence-corrected chi connectivity index (χ2v) is 4.82. The quantitative estimate of drug-likeness (QED) is 0.514. The highest BCUT2D eigenvalue weighted by molar-refractivity contribution is 6.33. The van der Waals surface area contributed by atoms with Crippen LogP contribution < -0.4 is 5.32 Å². The van der Waals surface area contributed by atoms with Gasteiger partial charge in [0.15, 0.2) is 6.61 Å². The lowest BCUT2D eigenvalue weighted by Crippen LogP contribution is -2.21. The highest BCUT2D eigenvalue weighted by Gasteiger charge is 2.17. The highest BCUT2D eigenvalue weighted by atomic mass is 35.5. The smallest absolute Gasteiger partial charge is 0.340 e. The third-order valence-electron chi connectivity index (χ3n) is 2.78. The van der Waals surface area contributed by atoms with Crippen molar-refractivity contribution in [1.29, 1.82) is 0 Å². The van der Waals surface area contributed by atoms with E-state index >= 15 is 0 Å². The van der Waals surface area contributed by atoms with E-state index in [0.717, 1.165) is 12.1 Å². The molecule has 0 saturated heterocycles. The molecule has 0 saturated carbocycles. The molecule has 0 bridgehead atoms. The van der Waals surface area contributed by atoms with Crippen LogP contribution in [-0.4, -0.2) is 23.4 Å². The van der Waals surface area contributed by atoms with Gasteiger partial charge >= 0.3 is 5.97 Å². The van der Waals surface area contributed by atoms with E-state index in [2.05, 4.69) is 5.32 Å². The molecule has 0 aliphatic carbocycles. The Labute approximate surface area is 136 Å². The van der Waals surface area contributed by atoms with Gasteiger partial charge in [0.05, 0.1) is 15.5 Å². The molecule has 0 heterocycles. The summed E-state index contributed by atoms with van der Waals surface area (Å²) in [5, 5.41) is 13.0. The van der Waals surface area contributed by atoms with Crippen molar-refractivity contribution >= 4 is 34.9 Å². The largest absolute Gasteiger partial charge is 0.452 e. The zero-order valence-corrected chi connectivity index (χ0v) is 12.4. The van der Waals surface area contributed by atoms with Crippen molar-refractivity contribution in [2.75, 3.05) is 11.9 Å². The minimum absolute atomic E-state index is 0.0511. The summed E-state index contributed by atoms with van der Waals surface area (Å²) in [6.45, 7) is -0.499. The average Bonchev–Trinajstić information content (AvgIpc) is 2.53. The number of nitrogens with zero attached hydrogens (tertiary/aromatic N) is 1. The number of esters is 1. The van der Waals surface area contributed by atoms with Gasteiger partial charge in [0.2, 0.25) is 0 Å². The first-order valence-electron chi connectivity index (χ1n) is 6.43. The second-order valence-electron chi connectivity index (χ2n) is 4.41. The number of non-ortho nitro benzene ring substituents is 1. The number of anilines is 1. The first-order chi connectivity index (χ1) is 11.0. The monoisotopic (exact) mass is 334 g/mol. The number of nitrogens with one attached hydrogen (secondary N) is 1. The van der Waals surface area contributed by atoms with E-state index in [9.17, 15) is 19.7 Å². The molecule has 0 aliphatic heterocycles. The summed E-state index contributed by atoms with van der Waals surface area (Å²) in [6, 6.07) is 12.0. The Kier molecular flexibility index (Phi) is 5.27. The van der Waals surface area contributed by atoms with Crippen molar-refractivity contribution in [2.24, 2.45) is 0 Å². The topological polar surface area (TPSA) is 98.5 Å². The van der Waals surface area contributed by atoms with Gasteiger partial charge in [0, 0.05) is 17.8 Å². The molecule has 0 aliphatic rings. The lowest BCUT2D eigenvalue weighted by atomic mass is 10.2. The maximum absolute atomic E-state index is 11.8. The molecule has 2 aromatic rings.